The first kappa shape index (κ1) is 19.6. The van der Waals surface area contributed by atoms with E-state index < -0.39 is 37.9 Å². The van der Waals surface area contributed by atoms with E-state index in [2.05, 4.69) is 9.97 Å². The highest BCUT2D eigenvalue weighted by molar-refractivity contribution is 7.90. The normalized spacial score (nSPS) is 12.3. The molecule has 11 heteroatoms. The van der Waals surface area contributed by atoms with Gasteiger partial charge in [-0.15, -0.1) is 0 Å². The minimum absolute atomic E-state index is 0.0291. The molecule has 5 aromatic rings. The molecule has 0 aliphatic carbocycles. The molecule has 0 bridgehead atoms. The van der Waals surface area contributed by atoms with Crippen LogP contribution >= 0.6 is 11.6 Å². The number of aromatic nitrogens is 4. The van der Waals surface area contributed by atoms with Gasteiger partial charge in [-0.3, -0.25) is 4.79 Å². The van der Waals surface area contributed by atoms with E-state index in [0.717, 1.165) is 20.0 Å². The molecule has 3 aromatic heterocycles. The summed E-state index contributed by atoms with van der Waals surface area (Å²) in [5, 5.41) is -0.693. The molecular formula is C20H11ClF2N4O3S. The Morgan fingerprint density at radius 3 is 2.42 bits per heavy atom. The molecule has 0 spiro atoms. The van der Waals surface area contributed by atoms with Gasteiger partial charge in [0.05, 0.1) is 15.8 Å². The summed E-state index contributed by atoms with van der Waals surface area (Å²) in [6.07, 6.45) is 1.26. The van der Waals surface area contributed by atoms with E-state index in [-0.39, 0.29) is 27.1 Å². The molecule has 3 heterocycles. The molecule has 156 valence electrons. The SMILES string of the molecule is Cc1ccc(S(=O)(=O)n2ccc3c2nc(Cl)n2c(=O)c4c(F)cc(F)cc4nc32)cc1. The minimum atomic E-state index is -4.03. The van der Waals surface area contributed by atoms with Gasteiger partial charge in [0, 0.05) is 18.3 Å². The first-order chi connectivity index (χ1) is 14.7. The number of hydrogen-bond donors (Lipinski definition) is 0. The second-order valence-electron chi connectivity index (χ2n) is 6.91. The van der Waals surface area contributed by atoms with Crippen molar-refractivity contribution in [2.24, 2.45) is 0 Å². The van der Waals surface area contributed by atoms with Crippen molar-refractivity contribution in [3.05, 3.63) is 81.5 Å². The highest BCUT2D eigenvalue weighted by Crippen LogP contribution is 2.26. The van der Waals surface area contributed by atoms with Gasteiger partial charge < -0.3 is 0 Å². The lowest BCUT2D eigenvalue weighted by atomic mass is 10.2. The number of rotatable bonds is 2. The average molecular weight is 461 g/mol. The number of hydrogen-bond acceptors (Lipinski definition) is 5. The average Bonchev–Trinajstić information content (AvgIpc) is 3.12. The van der Waals surface area contributed by atoms with Crippen LogP contribution in [0.4, 0.5) is 8.78 Å². The Labute approximate surface area is 178 Å². The topological polar surface area (TPSA) is 86.3 Å². The second kappa shape index (κ2) is 6.56. The predicted octanol–water partition coefficient (Wildman–Crippen LogP) is 3.67. The maximum absolute atomic E-state index is 14.2. The second-order valence-corrected chi connectivity index (χ2v) is 9.06. The minimum Gasteiger partial charge on any atom is -0.268 e. The van der Waals surface area contributed by atoms with Gasteiger partial charge in [0.1, 0.15) is 17.0 Å². The van der Waals surface area contributed by atoms with Crippen LogP contribution in [0, 0.1) is 18.6 Å². The van der Waals surface area contributed by atoms with Crippen molar-refractivity contribution in [3.8, 4) is 0 Å². The fourth-order valence-corrected chi connectivity index (χ4v) is 4.96. The number of benzene rings is 2. The van der Waals surface area contributed by atoms with Crippen LogP contribution in [0.25, 0.3) is 27.6 Å². The first-order valence-electron chi connectivity index (χ1n) is 8.89. The zero-order valence-corrected chi connectivity index (χ0v) is 17.2. The molecule has 0 saturated carbocycles. The molecule has 0 aliphatic heterocycles. The molecular weight excluding hydrogens is 450 g/mol. The van der Waals surface area contributed by atoms with E-state index in [1.807, 2.05) is 6.92 Å². The molecule has 5 rings (SSSR count). The van der Waals surface area contributed by atoms with Crippen molar-refractivity contribution in [1.29, 1.82) is 0 Å². The summed E-state index contributed by atoms with van der Waals surface area (Å²) in [7, 11) is -4.03. The van der Waals surface area contributed by atoms with Crippen molar-refractivity contribution in [2.75, 3.05) is 0 Å². The van der Waals surface area contributed by atoms with E-state index in [4.69, 9.17) is 11.6 Å². The zero-order valence-electron chi connectivity index (χ0n) is 15.7. The third kappa shape index (κ3) is 2.82. The summed E-state index contributed by atoms with van der Waals surface area (Å²) >= 11 is 6.18. The van der Waals surface area contributed by atoms with Crippen LogP contribution in [0.5, 0.6) is 0 Å². The zero-order chi connectivity index (χ0) is 22.1. The quantitative estimate of drug-likeness (QED) is 0.296. The van der Waals surface area contributed by atoms with Gasteiger partial charge in [0.25, 0.3) is 15.6 Å². The van der Waals surface area contributed by atoms with Crippen molar-refractivity contribution in [2.45, 2.75) is 11.8 Å². The van der Waals surface area contributed by atoms with E-state index in [1.54, 1.807) is 12.1 Å². The summed E-state index contributed by atoms with van der Waals surface area (Å²) in [4.78, 5) is 21.1. The Morgan fingerprint density at radius 2 is 1.71 bits per heavy atom. The summed E-state index contributed by atoms with van der Waals surface area (Å²) in [6.45, 7) is 1.83. The fourth-order valence-electron chi connectivity index (χ4n) is 3.43. The Hall–Kier alpha value is -3.37. The number of fused-ring (bicyclic) bond motifs is 4. The fraction of sp³-hybridized carbons (Fsp3) is 0.0500. The molecule has 2 aromatic carbocycles. The van der Waals surface area contributed by atoms with Crippen LogP contribution in [-0.4, -0.2) is 26.8 Å². The number of nitrogens with zero attached hydrogens (tertiary/aromatic N) is 4. The van der Waals surface area contributed by atoms with Crippen molar-refractivity contribution < 1.29 is 17.2 Å². The summed E-state index contributed by atoms with van der Waals surface area (Å²) in [5.74, 6) is -1.99. The largest absolute Gasteiger partial charge is 0.271 e. The monoisotopic (exact) mass is 460 g/mol. The number of aryl methyl sites for hydroxylation is 1. The van der Waals surface area contributed by atoms with Gasteiger partial charge in [-0.2, -0.15) is 4.98 Å². The van der Waals surface area contributed by atoms with Crippen LogP contribution in [0.2, 0.25) is 5.28 Å². The van der Waals surface area contributed by atoms with Crippen molar-refractivity contribution in [3.63, 3.8) is 0 Å². The third-order valence-corrected chi connectivity index (χ3v) is 6.85. The van der Waals surface area contributed by atoms with E-state index >= 15 is 0 Å². The molecule has 7 nitrogen and oxygen atoms in total. The Balaban J connectivity index is 1.88. The van der Waals surface area contributed by atoms with E-state index in [1.165, 1.54) is 24.4 Å². The van der Waals surface area contributed by atoms with Gasteiger partial charge in [0.2, 0.25) is 5.28 Å². The molecule has 31 heavy (non-hydrogen) atoms. The molecule has 0 atom stereocenters. The molecule has 0 fully saturated rings. The van der Waals surface area contributed by atoms with Crippen LogP contribution < -0.4 is 5.56 Å². The molecule has 0 aliphatic rings. The van der Waals surface area contributed by atoms with Crippen LogP contribution in [-0.2, 0) is 10.0 Å². The maximum Gasteiger partial charge on any atom is 0.271 e. The van der Waals surface area contributed by atoms with Crippen LogP contribution in [0.1, 0.15) is 5.56 Å². The van der Waals surface area contributed by atoms with Gasteiger partial charge in [-0.25, -0.2) is 30.6 Å². The van der Waals surface area contributed by atoms with Crippen molar-refractivity contribution >= 4 is 49.2 Å². The van der Waals surface area contributed by atoms with Crippen LogP contribution in [0.3, 0.4) is 0 Å². The van der Waals surface area contributed by atoms with Gasteiger partial charge in [-0.05, 0) is 36.7 Å². The molecule has 0 N–H and O–H groups in total. The first-order valence-corrected chi connectivity index (χ1v) is 10.7. The lowest BCUT2D eigenvalue weighted by molar-refractivity contribution is 0.588. The van der Waals surface area contributed by atoms with Gasteiger partial charge in [0.15, 0.2) is 11.3 Å². The lowest BCUT2D eigenvalue weighted by Crippen LogP contribution is -2.19. The standard InChI is InChI=1S/C20H11ClF2N4O3S/c1-10-2-4-12(5-3-10)31(29,30)26-7-6-13-17(26)25-20(21)27-18(13)24-15-9-11(22)8-14(23)16(15)19(27)28/h2-9H,1H3. The third-order valence-electron chi connectivity index (χ3n) is 4.92. The Bertz CT molecular complexity index is 1710. The maximum atomic E-state index is 14.2. The Kier molecular flexibility index (Phi) is 4.15. The summed E-state index contributed by atoms with van der Waals surface area (Å²) < 4.78 is 55.9. The lowest BCUT2D eigenvalue weighted by Gasteiger charge is -2.10. The molecule has 0 radical (unpaired) electrons. The molecule has 0 unspecified atom stereocenters. The predicted molar refractivity (Wildman–Crippen MR) is 111 cm³/mol. The van der Waals surface area contributed by atoms with E-state index in [0.29, 0.717) is 6.07 Å². The van der Waals surface area contributed by atoms with Gasteiger partial charge in [-0.1, -0.05) is 17.7 Å². The summed E-state index contributed by atoms with van der Waals surface area (Å²) in [5.41, 5.74) is -0.367. The summed E-state index contributed by atoms with van der Waals surface area (Å²) in [6, 6.07) is 9.12. The van der Waals surface area contributed by atoms with Crippen molar-refractivity contribution in [1.82, 2.24) is 18.3 Å². The van der Waals surface area contributed by atoms with Gasteiger partial charge >= 0.3 is 0 Å². The van der Waals surface area contributed by atoms with E-state index in [9.17, 15) is 22.0 Å². The Morgan fingerprint density at radius 1 is 1.00 bits per heavy atom. The smallest absolute Gasteiger partial charge is 0.268 e. The van der Waals surface area contributed by atoms with Crippen LogP contribution in [0.15, 0.2) is 58.4 Å². The highest BCUT2D eigenvalue weighted by Gasteiger charge is 2.23. The number of halogens is 3. The molecule has 0 saturated heterocycles. The highest BCUT2D eigenvalue weighted by atomic mass is 35.5. The molecule has 0 amide bonds.